The van der Waals surface area contributed by atoms with Gasteiger partial charge in [-0.3, -0.25) is 4.90 Å². The van der Waals surface area contributed by atoms with Crippen LogP contribution in [0.3, 0.4) is 0 Å². The van der Waals surface area contributed by atoms with E-state index < -0.39 is 17.7 Å². The van der Waals surface area contributed by atoms with E-state index in [4.69, 9.17) is 9.47 Å². The van der Waals surface area contributed by atoms with E-state index in [0.717, 1.165) is 0 Å². The fourth-order valence-electron chi connectivity index (χ4n) is 1.67. The van der Waals surface area contributed by atoms with E-state index in [1.54, 1.807) is 20.8 Å². The topological polar surface area (TPSA) is 55.8 Å². The van der Waals surface area contributed by atoms with Crippen molar-refractivity contribution in [2.75, 3.05) is 13.7 Å². The van der Waals surface area contributed by atoms with Gasteiger partial charge in [-0.05, 0) is 27.2 Å². The van der Waals surface area contributed by atoms with Crippen LogP contribution in [0.25, 0.3) is 0 Å². The summed E-state index contributed by atoms with van der Waals surface area (Å²) in [5.41, 5.74) is -0.554. The highest BCUT2D eigenvalue weighted by Crippen LogP contribution is 2.26. The van der Waals surface area contributed by atoms with Crippen LogP contribution < -0.4 is 0 Å². The van der Waals surface area contributed by atoms with Crippen LogP contribution >= 0.6 is 22.6 Å². The number of methoxy groups -OCH3 is 1. The zero-order chi connectivity index (χ0) is 13.2. The molecule has 1 rings (SSSR count). The molecule has 6 heteroatoms. The second kappa shape index (κ2) is 5.41. The minimum Gasteiger partial charge on any atom is -0.467 e. The zero-order valence-electron chi connectivity index (χ0n) is 10.5. The Morgan fingerprint density at radius 3 is 2.41 bits per heavy atom. The molecule has 0 radical (unpaired) electrons. The molecule has 17 heavy (non-hydrogen) atoms. The molecule has 0 aromatic rings. The summed E-state index contributed by atoms with van der Waals surface area (Å²) in [5, 5.41) is 0. The second-order valence-corrected chi connectivity index (χ2v) is 6.77. The third-order valence-corrected chi connectivity index (χ3v) is 3.25. The number of rotatable bonds is 1. The Labute approximate surface area is 115 Å². The minimum absolute atomic E-state index is 0.254. The second-order valence-electron chi connectivity index (χ2n) is 5.00. The van der Waals surface area contributed by atoms with Crippen LogP contribution in [0.2, 0.25) is 0 Å². The van der Waals surface area contributed by atoms with Gasteiger partial charge >= 0.3 is 12.1 Å². The van der Waals surface area contributed by atoms with Crippen molar-refractivity contribution in [3.05, 3.63) is 0 Å². The molecule has 1 fully saturated rings. The number of alkyl halides is 1. The highest BCUT2D eigenvalue weighted by Gasteiger charge is 2.41. The van der Waals surface area contributed by atoms with Gasteiger partial charge in [0.15, 0.2) is 0 Å². The van der Waals surface area contributed by atoms with Crippen LogP contribution in [-0.4, -0.2) is 46.2 Å². The Hall–Kier alpha value is -0.530. The van der Waals surface area contributed by atoms with Crippen molar-refractivity contribution < 1.29 is 19.1 Å². The molecule has 1 heterocycles. The number of likely N-dealkylation sites (tertiary alicyclic amines) is 1. The first-order chi connectivity index (χ1) is 7.74. The van der Waals surface area contributed by atoms with Crippen molar-refractivity contribution in [3.63, 3.8) is 0 Å². The maximum atomic E-state index is 11.9. The molecule has 0 N–H and O–H groups in total. The van der Waals surface area contributed by atoms with Gasteiger partial charge in [0.2, 0.25) is 0 Å². The lowest BCUT2D eigenvalue weighted by Crippen LogP contribution is -2.43. The Morgan fingerprint density at radius 1 is 1.35 bits per heavy atom. The number of ether oxygens (including phenoxy) is 2. The molecule has 1 aliphatic heterocycles. The van der Waals surface area contributed by atoms with Crippen LogP contribution in [0, 0.1) is 0 Å². The number of carbonyl (C=O) groups excluding carboxylic acids is 2. The SMILES string of the molecule is COC(=O)[C@@H]1C[C@@H](I)CN1C(=O)OC(C)(C)C. The molecule has 0 aliphatic carbocycles. The molecule has 0 aromatic heterocycles. The van der Waals surface area contributed by atoms with E-state index in [9.17, 15) is 9.59 Å². The number of hydrogen-bond donors (Lipinski definition) is 0. The molecule has 2 atom stereocenters. The molecule has 1 aliphatic rings. The Bertz CT molecular complexity index is 313. The number of halogens is 1. The highest BCUT2D eigenvalue weighted by atomic mass is 127. The lowest BCUT2D eigenvalue weighted by atomic mass is 10.2. The average molecular weight is 355 g/mol. The van der Waals surface area contributed by atoms with Gasteiger partial charge in [-0.25, -0.2) is 9.59 Å². The number of amides is 1. The van der Waals surface area contributed by atoms with Crippen LogP contribution in [-0.2, 0) is 14.3 Å². The molecule has 0 unspecified atom stereocenters. The number of carbonyl (C=O) groups is 2. The van der Waals surface area contributed by atoms with Crippen molar-refractivity contribution in [1.29, 1.82) is 0 Å². The molecule has 0 spiro atoms. The summed E-state index contributed by atoms with van der Waals surface area (Å²) in [5.74, 6) is -0.380. The van der Waals surface area contributed by atoms with E-state index >= 15 is 0 Å². The first-order valence-electron chi connectivity index (χ1n) is 5.46. The Morgan fingerprint density at radius 2 is 1.94 bits per heavy atom. The molecule has 5 nitrogen and oxygen atoms in total. The number of hydrogen-bond acceptors (Lipinski definition) is 4. The third kappa shape index (κ3) is 4.01. The minimum atomic E-state index is -0.554. The van der Waals surface area contributed by atoms with Crippen molar-refractivity contribution in [2.24, 2.45) is 0 Å². The summed E-state index contributed by atoms with van der Waals surface area (Å²) >= 11 is 2.23. The van der Waals surface area contributed by atoms with Gasteiger partial charge < -0.3 is 9.47 Å². The molecule has 98 valence electrons. The van der Waals surface area contributed by atoms with E-state index in [2.05, 4.69) is 22.6 Å². The quantitative estimate of drug-likeness (QED) is 0.410. The molecule has 0 aromatic carbocycles. The van der Waals surface area contributed by atoms with Gasteiger partial charge in [0.1, 0.15) is 11.6 Å². The number of esters is 1. The lowest BCUT2D eigenvalue weighted by molar-refractivity contribution is -0.145. The Kier molecular flexibility index (Phi) is 4.62. The van der Waals surface area contributed by atoms with Crippen molar-refractivity contribution >= 4 is 34.7 Å². The summed E-state index contributed by atoms with van der Waals surface area (Å²) in [6.07, 6.45) is 0.166. The predicted octanol–water partition coefficient (Wildman–Crippen LogP) is 1.97. The van der Waals surface area contributed by atoms with Crippen LogP contribution in [0.1, 0.15) is 27.2 Å². The highest BCUT2D eigenvalue weighted by molar-refractivity contribution is 14.1. The molecular weight excluding hydrogens is 337 g/mol. The van der Waals surface area contributed by atoms with Crippen molar-refractivity contribution in [2.45, 2.75) is 42.8 Å². The molecule has 1 amide bonds. The molecule has 0 bridgehead atoms. The zero-order valence-corrected chi connectivity index (χ0v) is 12.7. The van der Waals surface area contributed by atoms with Gasteiger partial charge in [0.05, 0.1) is 7.11 Å². The third-order valence-electron chi connectivity index (χ3n) is 2.35. The monoisotopic (exact) mass is 355 g/mol. The maximum absolute atomic E-state index is 11.9. The van der Waals surface area contributed by atoms with Gasteiger partial charge in [0.25, 0.3) is 0 Å². The maximum Gasteiger partial charge on any atom is 0.411 e. The smallest absolute Gasteiger partial charge is 0.411 e. The summed E-state index contributed by atoms with van der Waals surface area (Å²) < 4.78 is 10.2. The fourth-order valence-corrected chi connectivity index (χ4v) is 2.57. The molecular formula is C11H18INO4. The molecule has 0 saturated carbocycles. The standard InChI is InChI=1S/C11H18INO4/c1-11(2,3)17-10(15)13-6-7(12)5-8(13)9(14)16-4/h7-8H,5-6H2,1-4H3/t7-,8+/m1/s1. The molecule has 1 saturated heterocycles. The summed E-state index contributed by atoms with van der Waals surface area (Å²) in [7, 11) is 1.33. The predicted molar refractivity (Wildman–Crippen MR) is 71.2 cm³/mol. The first-order valence-corrected chi connectivity index (χ1v) is 6.70. The fraction of sp³-hybridized carbons (Fsp3) is 0.818. The first kappa shape index (κ1) is 14.5. The van der Waals surface area contributed by atoms with E-state index in [-0.39, 0.29) is 9.89 Å². The lowest BCUT2D eigenvalue weighted by Gasteiger charge is -2.27. The summed E-state index contributed by atoms with van der Waals surface area (Å²) in [4.78, 5) is 24.9. The van der Waals surface area contributed by atoms with Gasteiger partial charge in [-0.15, -0.1) is 0 Å². The van der Waals surface area contributed by atoms with E-state index in [1.165, 1.54) is 12.0 Å². The summed E-state index contributed by atoms with van der Waals surface area (Å²) in [6, 6.07) is -0.517. The largest absolute Gasteiger partial charge is 0.467 e. The Balaban J connectivity index is 2.73. The van der Waals surface area contributed by atoms with Crippen molar-refractivity contribution in [1.82, 2.24) is 4.90 Å². The van der Waals surface area contributed by atoms with E-state index in [1.807, 2.05) is 0 Å². The normalized spacial score (nSPS) is 24.6. The average Bonchev–Trinajstić information content (AvgIpc) is 2.56. The van der Waals surface area contributed by atoms with E-state index in [0.29, 0.717) is 13.0 Å². The van der Waals surface area contributed by atoms with Crippen LogP contribution in [0.4, 0.5) is 4.79 Å². The van der Waals surface area contributed by atoms with Crippen LogP contribution in [0.15, 0.2) is 0 Å². The van der Waals surface area contributed by atoms with Crippen LogP contribution in [0.5, 0.6) is 0 Å². The van der Waals surface area contributed by atoms with Gasteiger partial charge in [0, 0.05) is 10.5 Å². The van der Waals surface area contributed by atoms with Gasteiger partial charge in [-0.2, -0.15) is 0 Å². The number of nitrogens with zero attached hydrogens (tertiary/aromatic N) is 1. The summed E-state index contributed by atoms with van der Waals surface area (Å²) in [6.45, 7) is 5.93. The van der Waals surface area contributed by atoms with Crippen molar-refractivity contribution in [3.8, 4) is 0 Å². The van der Waals surface area contributed by atoms with Gasteiger partial charge in [-0.1, -0.05) is 22.6 Å².